The van der Waals surface area contributed by atoms with E-state index in [4.69, 9.17) is 4.74 Å². The Bertz CT molecular complexity index is 536. The van der Waals surface area contributed by atoms with Crippen LogP contribution >= 0.6 is 0 Å². The zero-order valence-corrected chi connectivity index (χ0v) is 11.3. The Morgan fingerprint density at radius 2 is 2.00 bits per heavy atom. The fourth-order valence-corrected chi connectivity index (χ4v) is 2.33. The van der Waals surface area contributed by atoms with Crippen molar-refractivity contribution in [3.05, 3.63) is 71.5 Å². The minimum absolute atomic E-state index is 0.0471. The SMILES string of the molecule is C/C=C/C1C=CC(=O)C(OC)=C1Cc1ccccc1. The number of allylic oxidation sites excluding steroid dienone is 5. The molecule has 0 radical (unpaired) electrons. The van der Waals surface area contributed by atoms with Gasteiger partial charge < -0.3 is 4.74 Å². The van der Waals surface area contributed by atoms with Crippen LogP contribution in [0.3, 0.4) is 0 Å². The van der Waals surface area contributed by atoms with Crippen molar-refractivity contribution in [1.29, 1.82) is 0 Å². The number of hydrogen-bond donors (Lipinski definition) is 0. The van der Waals surface area contributed by atoms with Gasteiger partial charge in [-0.3, -0.25) is 4.79 Å². The van der Waals surface area contributed by atoms with E-state index >= 15 is 0 Å². The van der Waals surface area contributed by atoms with E-state index < -0.39 is 0 Å². The van der Waals surface area contributed by atoms with E-state index in [0.29, 0.717) is 5.76 Å². The van der Waals surface area contributed by atoms with Gasteiger partial charge >= 0.3 is 0 Å². The highest BCUT2D eigenvalue weighted by Gasteiger charge is 2.23. The summed E-state index contributed by atoms with van der Waals surface area (Å²) >= 11 is 0. The zero-order valence-electron chi connectivity index (χ0n) is 11.3. The largest absolute Gasteiger partial charge is 0.493 e. The van der Waals surface area contributed by atoms with Crippen molar-refractivity contribution in [2.75, 3.05) is 7.11 Å². The van der Waals surface area contributed by atoms with Gasteiger partial charge in [0.25, 0.3) is 0 Å². The third-order valence-electron chi connectivity index (χ3n) is 3.21. The van der Waals surface area contributed by atoms with Gasteiger partial charge in [0.15, 0.2) is 5.76 Å². The molecule has 98 valence electrons. The third-order valence-corrected chi connectivity index (χ3v) is 3.21. The Hall–Kier alpha value is -2.09. The molecule has 1 aliphatic carbocycles. The Morgan fingerprint density at radius 1 is 1.26 bits per heavy atom. The second-order valence-corrected chi connectivity index (χ2v) is 4.50. The molecule has 2 heteroatoms. The smallest absolute Gasteiger partial charge is 0.220 e. The predicted octanol–water partition coefficient (Wildman–Crippen LogP) is 3.46. The number of ketones is 1. The predicted molar refractivity (Wildman–Crippen MR) is 76.6 cm³/mol. The molecule has 0 aliphatic heterocycles. The van der Waals surface area contributed by atoms with Crippen LogP contribution in [0.5, 0.6) is 0 Å². The average Bonchev–Trinajstić information content (AvgIpc) is 2.43. The molecule has 0 saturated heterocycles. The van der Waals surface area contributed by atoms with Crippen molar-refractivity contribution in [1.82, 2.24) is 0 Å². The van der Waals surface area contributed by atoms with E-state index in [-0.39, 0.29) is 11.7 Å². The standard InChI is InChI=1S/C17H18O2/c1-3-7-14-10-11-16(18)17(19-2)15(14)12-13-8-5-4-6-9-13/h3-11,14H,12H2,1-2H3/b7-3+. The summed E-state index contributed by atoms with van der Waals surface area (Å²) in [5.41, 5.74) is 2.21. The minimum atomic E-state index is -0.0471. The number of carbonyl (C=O) groups excluding carboxylic acids is 1. The van der Waals surface area contributed by atoms with Crippen LogP contribution in [-0.4, -0.2) is 12.9 Å². The van der Waals surface area contributed by atoms with Gasteiger partial charge in [0.2, 0.25) is 5.78 Å². The summed E-state index contributed by atoms with van der Waals surface area (Å²) in [5, 5.41) is 0. The lowest BCUT2D eigenvalue weighted by Gasteiger charge is -2.21. The fraction of sp³-hybridized carbons (Fsp3) is 0.235. The molecule has 0 aromatic heterocycles. The molecule has 0 spiro atoms. The molecule has 19 heavy (non-hydrogen) atoms. The lowest BCUT2D eigenvalue weighted by molar-refractivity contribution is -0.114. The summed E-state index contributed by atoms with van der Waals surface area (Å²) in [4.78, 5) is 11.9. The molecule has 1 unspecified atom stereocenters. The summed E-state index contributed by atoms with van der Waals surface area (Å²) in [6.45, 7) is 1.98. The van der Waals surface area contributed by atoms with Crippen molar-refractivity contribution in [2.24, 2.45) is 5.92 Å². The lowest BCUT2D eigenvalue weighted by Crippen LogP contribution is -2.16. The van der Waals surface area contributed by atoms with Gasteiger partial charge in [-0.05, 0) is 30.6 Å². The van der Waals surface area contributed by atoms with Crippen LogP contribution < -0.4 is 0 Å². The minimum Gasteiger partial charge on any atom is -0.493 e. The highest BCUT2D eigenvalue weighted by atomic mass is 16.5. The maximum Gasteiger partial charge on any atom is 0.220 e. The molecule has 2 rings (SSSR count). The molecule has 0 bridgehead atoms. The van der Waals surface area contributed by atoms with Crippen LogP contribution in [0.25, 0.3) is 0 Å². The van der Waals surface area contributed by atoms with Crippen LogP contribution in [0.15, 0.2) is 66.0 Å². The molecule has 1 atom stereocenters. The van der Waals surface area contributed by atoms with Crippen LogP contribution in [0.4, 0.5) is 0 Å². The molecule has 2 nitrogen and oxygen atoms in total. The summed E-state index contributed by atoms with van der Waals surface area (Å²) in [6.07, 6.45) is 8.35. The fourth-order valence-electron chi connectivity index (χ4n) is 2.33. The summed E-state index contributed by atoms with van der Waals surface area (Å²) in [7, 11) is 1.56. The van der Waals surface area contributed by atoms with E-state index in [1.165, 1.54) is 5.56 Å². The number of ether oxygens (including phenoxy) is 1. The molecule has 0 heterocycles. The van der Waals surface area contributed by atoms with Crippen molar-refractivity contribution in [3.63, 3.8) is 0 Å². The van der Waals surface area contributed by atoms with Crippen molar-refractivity contribution >= 4 is 5.78 Å². The number of hydrogen-bond acceptors (Lipinski definition) is 2. The Balaban J connectivity index is 2.37. The summed E-state index contributed by atoms with van der Waals surface area (Å²) in [6, 6.07) is 10.1. The Labute approximate surface area is 114 Å². The summed E-state index contributed by atoms with van der Waals surface area (Å²) in [5.74, 6) is 0.571. The molecule has 0 fully saturated rings. The van der Waals surface area contributed by atoms with Crippen LogP contribution in [0.1, 0.15) is 12.5 Å². The number of benzene rings is 1. The normalized spacial score (nSPS) is 19.3. The molecule has 0 N–H and O–H groups in total. The molecular weight excluding hydrogens is 236 g/mol. The first-order valence-corrected chi connectivity index (χ1v) is 6.42. The molecular formula is C17H18O2. The third kappa shape index (κ3) is 3.02. The lowest BCUT2D eigenvalue weighted by atomic mass is 9.87. The monoisotopic (exact) mass is 254 g/mol. The van der Waals surface area contributed by atoms with Gasteiger partial charge in [-0.25, -0.2) is 0 Å². The zero-order chi connectivity index (χ0) is 13.7. The maximum absolute atomic E-state index is 11.9. The van der Waals surface area contributed by atoms with E-state index in [2.05, 4.69) is 18.2 Å². The van der Waals surface area contributed by atoms with Gasteiger partial charge in [0.05, 0.1) is 7.11 Å². The average molecular weight is 254 g/mol. The topological polar surface area (TPSA) is 26.3 Å². The number of rotatable bonds is 4. The van der Waals surface area contributed by atoms with E-state index in [1.807, 2.05) is 37.3 Å². The van der Waals surface area contributed by atoms with Crippen molar-refractivity contribution < 1.29 is 9.53 Å². The van der Waals surface area contributed by atoms with Gasteiger partial charge in [-0.1, -0.05) is 48.6 Å². The van der Waals surface area contributed by atoms with Gasteiger partial charge in [0.1, 0.15) is 0 Å². The van der Waals surface area contributed by atoms with Gasteiger partial charge in [-0.15, -0.1) is 0 Å². The van der Waals surface area contributed by atoms with E-state index in [1.54, 1.807) is 13.2 Å². The van der Waals surface area contributed by atoms with Crippen LogP contribution in [0.2, 0.25) is 0 Å². The molecule has 1 aromatic carbocycles. The molecule has 1 aliphatic rings. The quantitative estimate of drug-likeness (QED) is 0.769. The molecule has 1 aromatic rings. The first-order valence-electron chi connectivity index (χ1n) is 6.42. The number of methoxy groups -OCH3 is 1. The highest BCUT2D eigenvalue weighted by molar-refractivity contribution is 6.04. The number of carbonyl (C=O) groups is 1. The Kier molecular flexibility index (Phi) is 4.35. The van der Waals surface area contributed by atoms with Gasteiger partial charge in [-0.2, -0.15) is 0 Å². The summed E-state index contributed by atoms with van der Waals surface area (Å²) < 4.78 is 5.31. The van der Waals surface area contributed by atoms with Crippen molar-refractivity contribution in [2.45, 2.75) is 13.3 Å². The molecule has 0 amide bonds. The highest BCUT2D eigenvalue weighted by Crippen LogP contribution is 2.28. The van der Waals surface area contributed by atoms with Gasteiger partial charge in [0, 0.05) is 5.92 Å². The first-order chi connectivity index (χ1) is 9.26. The van der Waals surface area contributed by atoms with E-state index in [9.17, 15) is 4.79 Å². The molecule has 0 saturated carbocycles. The van der Waals surface area contributed by atoms with Crippen LogP contribution in [-0.2, 0) is 16.0 Å². The maximum atomic E-state index is 11.9. The van der Waals surface area contributed by atoms with E-state index in [0.717, 1.165) is 12.0 Å². The van der Waals surface area contributed by atoms with Crippen molar-refractivity contribution in [3.8, 4) is 0 Å². The second kappa shape index (κ2) is 6.19. The Morgan fingerprint density at radius 3 is 2.63 bits per heavy atom. The van der Waals surface area contributed by atoms with Crippen LogP contribution in [0, 0.1) is 5.92 Å². The first kappa shape index (κ1) is 13.3. The second-order valence-electron chi connectivity index (χ2n) is 4.50.